The van der Waals surface area contributed by atoms with Crippen molar-refractivity contribution in [1.29, 1.82) is 0 Å². The highest BCUT2D eigenvalue weighted by atomic mass is 19.1. The molecule has 1 fully saturated rings. The maximum absolute atomic E-state index is 13.5. The van der Waals surface area contributed by atoms with Gasteiger partial charge < -0.3 is 4.90 Å². The first-order valence-corrected chi connectivity index (χ1v) is 5.65. The Hall–Kier alpha value is -2.24. The van der Waals surface area contributed by atoms with Crippen LogP contribution in [0.4, 0.5) is 4.39 Å². The van der Waals surface area contributed by atoms with Gasteiger partial charge in [-0.2, -0.15) is 0 Å². The highest BCUT2D eigenvalue weighted by molar-refractivity contribution is 5.95. The van der Waals surface area contributed by atoms with Crippen molar-refractivity contribution in [3.63, 3.8) is 0 Å². The lowest BCUT2D eigenvalue weighted by molar-refractivity contribution is 0.0493. The Morgan fingerprint density at radius 2 is 2.11 bits per heavy atom. The lowest BCUT2D eigenvalue weighted by Gasteiger charge is -2.38. The number of amides is 1. The van der Waals surface area contributed by atoms with E-state index in [2.05, 4.69) is 10.3 Å². The number of hydrogen-bond acceptors (Lipinski definition) is 3. The quantitative estimate of drug-likeness (QED) is 0.797. The van der Waals surface area contributed by atoms with Gasteiger partial charge >= 0.3 is 0 Å². The third-order valence-electron chi connectivity index (χ3n) is 3.07. The fourth-order valence-corrected chi connectivity index (χ4v) is 2.01. The van der Waals surface area contributed by atoms with Crippen LogP contribution in [0.25, 0.3) is 0 Å². The predicted octanol–water partition coefficient (Wildman–Crippen LogP) is 1.11. The lowest BCUT2D eigenvalue weighted by atomic mass is 10.1. The molecule has 0 N–H and O–H groups in total. The van der Waals surface area contributed by atoms with Gasteiger partial charge in [-0.1, -0.05) is 17.3 Å². The predicted molar refractivity (Wildman–Crippen MR) is 61.4 cm³/mol. The van der Waals surface area contributed by atoms with E-state index in [1.807, 2.05) is 0 Å². The molecule has 92 valence electrons. The summed E-state index contributed by atoms with van der Waals surface area (Å²) in [5, 5.41) is 7.59. The van der Waals surface area contributed by atoms with Crippen LogP contribution in [0.3, 0.4) is 0 Å². The van der Waals surface area contributed by atoms with E-state index in [0.29, 0.717) is 13.1 Å². The van der Waals surface area contributed by atoms with Gasteiger partial charge in [0.25, 0.3) is 5.91 Å². The summed E-state index contributed by atoms with van der Waals surface area (Å²) < 4.78 is 15.2. The van der Waals surface area contributed by atoms with E-state index in [1.54, 1.807) is 34.1 Å². The van der Waals surface area contributed by atoms with Crippen molar-refractivity contribution in [3.8, 4) is 0 Å². The Kier molecular flexibility index (Phi) is 2.55. The number of rotatable bonds is 2. The van der Waals surface area contributed by atoms with Gasteiger partial charge in [-0.05, 0) is 12.1 Å². The zero-order chi connectivity index (χ0) is 12.5. The summed E-state index contributed by atoms with van der Waals surface area (Å²) >= 11 is 0. The molecule has 0 atom stereocenters. The maximum atomic E-state index is 13.5. The molecule has 6 heteroatoms. The second kappa shape index (κ2) is 4.21. The van der Waals surface area contributed by atoms with Gasteiger partial charge in [0.05, 0.1) is 17.8 Å². The molecule has 0 radical (unpaired) electrons. The van der Waals surface area contributed by atoms with Crippen molar-refractivity contribution >= 4 is 5.91 Å². The molecular formula is C12H11FN4O. The molecule has 1 saturated heterocycles. The smallest absolute Gasteiger partial charge is 0.256 e. The molecule has 0 spiro atoms. The van der Waals surface area contributed by atoms with Crippen molar-refractivity contribution in [2.75, 3.05) is 13.1 Å². The van der Waals surface area contributed by atoms with Crippen LogP contribution in [0, 0.1) is 5.82 Å². The molecule has 1 aromatic carbocycles. The van der Waals surface area contributed by atoms with Crippen LogP contribution < -0.4 is 0 Å². The first-order chi connectivity index (χ1) is 8.75. The number of hydrogen-bond donors (Lipinski definition) is 0. The zero-order valence-corrected chi connectivity index (χ0v) is 9.53. The van der Waals surface area contributed by atoms with Gasteiger partial charge in [0.2, 0.25) is 0 Å². The Balaban J connectivity index is 1.69. The molecule has 1 aliphatic rings. The summed E-state index contributed by atoms with van der Waals surface area (Å²) in [7, 11) is 0. The van der Waals surface area contributed by atoms with E-state index in [4.69, 9.17) is 0 Å². The summed E-state index contributed by atoms with van der Waals surface area (Å²) in [4.78, 5) is 13.6. The van der Waals surface area contributed by atoms with Crippen LogP contribution in [0.5, 0.6) is 0 Å². The molecular weight excluding hydrogens is 235 g/mol. The second-order valence-corrected chi connectivity index (χ2v) is 4.23. The van der Waals surface area contributed by atoms with Crippen LogP contribution >= 0.6 is 0 Å². The van der Waals surface area contributed by atoms with Crippen LogP contribution in [-0.4, -0.2) is 38.9 Å². The largest absolute Gasteiger partial charge is 0.334 e. The van der Waals surface area contributed by atoms with Crippen molar-refractivity contribution in [1.82, 2.24) is 19.9 Å². The summed E-state index contributed by atoms with van der Waals surface area (Å²) in [5.41, 5.74) is 0.120. The number of benzene rings is 1. The van der Waals surface area contributed by atoms with Crippen molar-refractivity contribution < 1.29 is 9.18 Å². The molecule has 0 saturated carbocycles. The van der Waals surface area contributed by atoms with Crippen LogP contribution in [0.2, 0.25) is 0 Å². The number of halogens is 1. The standard InChI is InChI=1S/C12H11FN4O/c13-11-4-2-1-3-10(11)12(18)16-7-9(8-16)17-6-5-14-15-17/h1-6,9H,7-8H2. The maximum Gasteiger partial charge on any atom is 0.256 e. The van der Waals surface area contributed by atoms with E-state index in [0.717, 1.165) is 0 Å². The number of carbonyl (C=O) groups excluding carboxylic acids is 1. The Morgan fingerprint density at radius 3 is 2.78 bits per heavy atom. The first-order valence-electron chi connectivity index (χ1n) is 5.65. The second-order valence-electron chi connectivity index (χ2n) is 4.23. The highest BCUT2D eigenvalue weighted by Gasteiger charge is 2.33. The van der Waals surface area contributed by atoms with Crippen molar-refractivity contribution in [2.45, 2.75) is 6.04 Å². The Labute approximate surface area is 103 Å². The monoisotopic (exact) mass is 246 g/mol. The minimum absolute atomic E-state index is 0.120. The topological polar surface area (TPSA) is 51.0 Å². The molecule has 5 nitrogen and oxygen atoms in total. The van der Waals surface area contributed by atoms with E-state index in [1.165, 1.54) is 12.1 Å². The minimum Gasteiger partial charge on any atom is -0.334 e. The van der Waals surface area contributed by atoms with Gasteiger partial charge in [0, 0.05) is 19.3 Å². The van der Waals surface area contributed by atoms with Gasteiger partial charge in [-0.3, -0.25) is 4.79 Å². The average molecular weight is 246 g/mol. The normalized spacial score (nSPS) is 15.5. The summed E-state index contributed by atoms with van der Waals surface area (Å²) in [6.45, 7) is 1.08. The van der Waals surface area contributed by atoms with Gasteiger partial charge in [0.1, 0.15) is 5.82 Å². The number of aromatic nitrogens is 3. The molecule has 0 unspecified atom stereocenters. The van der Waals surface area contributed by atoms with E-state index >= 15 is 0 Å². The minimum atomic E-state index is -0.480. The van der Waals surface area contributed by atoms with E-state index in [9.17, 15) is 9.18 Å². The molecule has 0 aliphatic carbocycles. The Bertz CT molecular complexity index is 563. The molecule has 0 bridgehead atoms. The van der Waals surface area contributed by atoms with E-state index in [-0.39, 0.29) is 17.5 Å². The fourth-order valence-electron chi connectivity index (χ4n) is 2.01. The van der Waals surface area contributed by atoms with Gasteiger partial charge in [0.15, 0.2) is 0 Å². The third-order valence-corrected chi connectivity index (χ3v) is 3.07. The van der Waals surface area contributed by atoms with Crippen LogP contribution in [-0.2, 0) is 0 Å². The molecule has 18 heavy (non-hydrogen) atoms. The van der Waals surface area contributed by atoms with Gasteiger partial charge in [-0.15, -0.1) is 5.10 Å². The third kappa shape index (κ3) is 1.75. The lowest BCUT2D eigenvalue weighted by Crippen LogP contribution is -2.51. The Morgan fingerprint density at radius 1 is 1.33 bits per heavy atom. The molecule has 2 heterocycles. The molecule has 1 aromatic heterocycles. The zero-order valence-electron chi connectivity index (χ0n) is 9.53. The van der Waals surface area contributed by atoms with Crippen molar-refractivity contribution in [2.24, 2.45) is 0 Å². The fraction of sp³-hybridized carbons (Fsp3) is 0.250. The molecule has 2 aromatic rings. The number of carbonyl (C=O) groups is 1. The summed E-state index contributed by atoms with van der Waals surface area (Å²) in [6, 6.07) is 6.16. The van der Waals surface area contributed by atoms with Crippen LogP contribution in [0.1, 0.15) is 16.4 Å². The molecule has 1 amide bonds. The molecule has 3 rings (SSSR count). The average Bonchev–Trinajstić information content (AvgIpc) is 2.81. The van der Waals surface area contributed by atoms with E-state index < -0.39 is 5.82 Å². The van der Waals surface area contributed by atoms with Gasteiger partial charge in [-0.25, -0.2) is 9.07 Å². The summed E-state index contributed by atoms with van der Waals surface area (Å²) in [5.74, 6) is -0.754. The van der Waals surface area contributed by atoms with Crippen molar-refractivity contribution in [3.05, 3.63) is 48.0 Å². The number of likely N-dealkylation sites (tertiary alicyclic amines) is 1. The number of nitrogens with zero attached hydrogens (tertiary/aromatic N) is 4. The van der Waals surface area contributed by atoms with Crippen LogP contribution in [0.15, 0.2) is 36.7 Å². The summed E-state index contributed by atoms with van der Waals surface area (Å²) in [6.07, 6.45) is 3.36. The highest BCUT2D eigenvalue weighted by Crippen LogP contribution is 2.22. The first kappa shape index (κ1) is 10.9. The molecule has 1 aliphatic heterocycles. The SMILES string of the molecule is O=C(c1ccccc1F)N1CC(n2ccnn2)C1.